The van der Waals surface area contributed by atoms with Crippen LogP contribution in [0.2, 0.25) is 0 Å². The molecule has 2 amide bonds. The molecule has 1 aliphatic heterocycles. The summed E-state index contributed by atoms with van der Waals surface area (Å²) in [5.74, 6) is -1.76. The number of ether oxygens (including phenoxy) is 1. The minimum absolute atomic E-state index is 0.220. The van der Waals surface area contributed by atoms with Gasteiger partial charge in [0.1, 0.15) is 21.7 Å². The van der Waals surface area contributed by atoms with E-state index < -0.39 is 17.8 Å². The Kier molecular flexibility index (Phi) is 7.24. The van der Waals surface area contributed by atoms with Crippen molar-refractivity contribution in [2.75, 3.05) is 18.5 Å². The Bertz CT molecular complexity index is 1090. The van der Waals surface area contributed by atoms with Crippen LogP contribution in [-0.4, -0.2) is 40.2 Å². The van der Waals surface area contributed by atoms with E-state index in [0.717, 1.165) is 22.2 Å². The van der Waals surface area contributed by atoms with Crippen LogP contribution >= 0.6 is 35.3 Å². The number of halogens is 1. The van der Waals surface area contributed by atoms with Crippen LogP contribution in [0.15, 0.2) is 29.2 Å². The number of esters is 1. The maximum Gasteiger partial charge on any atom is 0.341 e. The van der Waals surface area contributed by atoms with Crippen LogP contribution in [0.3, 0.4) is 0 Å². The third-order valence-corrected chi connectivity index (χ3v) is 6.96. The van der Waals surface area contributed by atoms with E-state index in [0.29, 0.717) is 21.0 Å². The highest BCUT2D eigenvalue weighted by atomic mass is 32.2. The Balaban J connectivity index is 1.73. The zero-order valence-electron chi connectivity index (χ0n) is 17.0. The van der Waals surface area contributed by atoms with Crippen LogP contribution in [0, 0.1) is 19.7 Å². The predicted octanol–water partition coefficient (Wildman–Crippen LogP) is 4.52. The predicted molar refractivity (Wildman–Crippen MR) is 125 cm³/mol. The lowest BCUT2D eigenvalue weighted by Gasteiger charge is -2.14. The second kappa shape index (κ2) is 9.71. The summed E-state index contributed by atoms with van der Waals surface area (Å²) < 4.78 is 18.4. The zero-order valence-corrected chi connectivity index (χ0v) is 19.4. The van der Waals surface area contributed by atoms with Gasteiger partial charge in [-0.1, -0.05) is 36.1 Å². The summed E-state index contributed by atoms with van der Waals surface area (Å²) in [6.07, 6.45) is 1.60. The van der Waals surface area contributed by atoms with Crippen molar-refractivity contribution in [2.45, 2.75) is 20.8 Å². The molecule has 1 N–H and O–H groups in total. The molecule has 1 aliphatic rings. The number of amides is 2. The number of thiophene rings is 1. The lowest BCUT2D eigenvalue weighted by molar-refractivity contribution is -0.126. The van der Waals surface area contributed by atoms with Gasteiger partial charge in [0.05, 0.1) is 17.1 Å². The summed E-state index contributed by atoms with van der Waals surface area (Å²) in [6, 6.07) is 5.69. The molecule has 3 rings (SSSR count). The molecule has 0 unspecified atom stereocenters. The molecule has 1 fully saturated rings. The lowest BCUT2D eigenvalue weighted by atomic mass is 10.1. The molecule has 31 heavy (non-hydrogen) atoms. The molecule has 0 aliphatic carbocycles. The Labute approximate surface area is 192 Å². The number of carbonyl (C=O) groups is 3. The summed E-state index contributed by atoms with van der Waals surface area (Å²) in [5.41, 5.74) is 1.71. The Hall–Kier alpha value is -2.56. The van der Waals surface area contributed by atoms with Crippen LogP contribution in [0.4, 0.5) is 9.39 Å². The van der Waals surface area contributed by atoms with Gasteiger partial charge < -0.3 is 10.1 Å². The van der Waals surface area contributed by atoms with Crippen molar-refractivity contribution in [1.29, 1.82) is 0 Å². The molecular formula is C21H19FN2O4S3. The minimum atomic E-state index is -0.507. The van der Waals surface area contributed by atoms with Crippen LogP contribution < -0.4 is 5.32 Å². The highest BCUT2D eigenvalue weighted by molar-refractivity contribution is 8.26. The number of thiocarbonyl (C=S) groups is 1. The summed E-state index contributed by atoms with van der Waals surface area (Å²) >= 11 is 7.60. The van der Waals surface area contributed by atoms with Gasteiger partial charge in [0.2, 0.25) is 5.91 Å². The maximum atomic E-state index is 13.1. The van der Waals surface area contributed by atoms with Gasteiger partial charge in [0.25, 0.3) is 5.91 Å². The first-order chi connectivity index (χ1) is 14.7. The fourth-order valence-corrected chi connectivity index (χ4v) is 5.14. The third kappa shape index (κ3) is 5.20. The second-order valence-electron chi connectivity index (χ2n) is 6.58. The number of anilines is 1. The van der Waals surface area contributed by atoms with Crippen molar-refractivity contribution < 1.29 is 23.5 Å². The third-order valence-electron chi connectivity index (χ3n) is 4.46. The van der Waals surface area contributed by atoms with Gasteiger partial charge >= 0.3 is 5.97 Å². The number of thioether (sulfide) groups is 1. The molecule has 0 radical (unpaired) electrons. The molecule has 1 aromatic heterocycles. The number of hydrogen-bond acceptors (Lipinski definition) is 7. The average molecular weight is 479 g/mol. The van der Waals surface area contributed by atoms with Crippen molar-refractivity contribution in [3.8, 4) is 0 Å². The topological polar surface area (TPSA) is 75.7 Å². The first-order valence-electron chi connectivity index (χ1n) is 9.29. The lowest BCUT2D eigenvalue weighted by Crippen LogP contribution is -2.36. The van der Waals surface area contributed by atoms with E-state index in [1.165, 1.54) is 28.4 Å². The van der Waals surface area contributed by atoms with Gasteiger partial charge in [-0.2, -0.15) is 0 Å². The van der Waals surface area contributed by atoms with E-state index in [-0.39, 0.29) is 23.3 Å². The molecular weight excluding hydrogens is 459 g/mol. The van der Waals surface area contributed by atoms with Crippen molar-refractivity contribution in [3.05, 3.63) is 56.6 Å². The zero-order chi connectivity index (χ0) is 22.7. The van der Waals surface area contributed by atoms with Crippen molar-refractivity contribution >= 4 is 68.5 Å². The highest BCUT2D eigenvalue weighted by Crippen LogP contribution is 2.34. The first kappa shape index (κ1) is 23.1. The SMILES string of the molecule is CCOC(=O)c1c(NC(=O)CN2C(=O)/C(=C/c3ccc(F)cc3)SC2=S)sc(C)c1C. The number of nitrogens with one attached hydrogen (secondary N) is 1. The van der Waals surface area contributed by atoms with Crippen molar-refractivity contribution in [2.24, 2.45) is 0 Å². The van der Waals surface area contributed by atoms with E-state index in [1.54, 1.807) is 32.1 Å². The molecule has 0 saturated carbocycles. The smallest absolute Gasteiger partial charge is 0.341 e. The largest absolute Gasteiger partial charge is 0.462 e. The highest BCUT2D eigenvalue weighted by Gasteiger charge is 2.34. The maximum absolute atomic E-state index is 13.1. The Morgan fingerprint density at radius 2 is 1.94 bits per heavy atom. The van der Waals surface area contributed by atoms with Crippen LogP contribution in [-0.2, 0) is 14.3 Å². The monoisotopic (exact) mass is 478 g/mol. The quantitative estimate of drug-likeness (QED) is 0.374. The number of nitrogens with zero attached hydrogens (tertiary/aromatic N) is 1. The average Bonchev–Trinajstić information content (AvgIpc) is 3.13. The van der Waals surface area contributed by atoms with E-state index in [2.05, 4.69) is 5.32 Å². The van der Waals surface area contributed by atoms with Crippen LogP contribution in [0.25, 0.3) is 6.08 Å². The Morgan fingerprint density at radius 1 is 1.26 bits per heavy atom. The first-order valence-corrected chi connectivity index (χ1v) is 11.3. The number of aryl methyl sites for hydroxylation is 1. The van der Waals surface area contributed by atoms with E-state index in [9.17, 15) is 18.8 Å². The molecule has 10 heteroatoms. The Morgan fingerprint density at radius 3 is 2.58 bits per heavy atom. The second-order valence-corrected chi connectivity index (χ2v) is 9.48. The fraction of sp³-hybridized carbons (Fsp3) is 0.238. The molecule has 0 spiro atoms. The van der Waals surface area contributed by atoms with Gasteiger partial charge in [-0.25, -0.2) is 9.18 Å². The number of rotatable bonds is 6. The summed E-state index contributed by atoms with van der Waals surface area (Å²) in [7, 11) is 0. The van der Waals surface area contributed by atoms with Gasteiger partial charge in [0, 0.05) is 4.88 Å². The summed E-state index contributed by atoms with van der Waals surface area (Å²) in [6.45, 7) is 5.28. The van der Waals surface area contributed by atoms with Gasteiger partial charge in [-0.3, -0.25) is 14.5 Å². The summed E-state index contributed by atoms with van der Waals surface area (Å²) in [4.78, 5) is 40.1. The molecule has 2 heterocycles. The van der Waals surface area contributed by atoms with Gasteiger partial charge in [-0.05, 0) is 50.1 Å². The van der Waals surface area contributed by atoms with E-state index in [4.69, 9.17) is 17.0 Å². The fourth-order valence-electron chi connectivity index (χ4n) is 2.82. The molecule has 1 aromatic carbocycles. The number of hydrogen-bond donors (Lipinski definition) is 1. The van der Waals surface area contributed by atoms with Crippen molar-refractivity contribution in [3.63, 3.8) is 0 Å². The molecule has 0 bridgehead atoms. The van der Waals surface area contributed by atoms with Crippen LogP contribution in [0.1, 0.15) is 33.3 Å². The normalized spacial score (nSPS) is 15.0. The molecule has 0 atom stereocenters. The summed E-state index contributed by atoms with van der Waals surface area (Å²) in [5, 5.41) is 3.09. The van der Waals surface area contributed by atoms with Gasteiger partial charge in [-0.15, -0.1) is 11.3 Å². The number of carbonyl (C=O) groups excluding carboxylic acids is 3. The number of benzene rings is 1. The molecule has 1 saturated heterocycles. The minimum Gasteiger partial charge on any atom is -0.462 e. The van der Waals surface area contributed by atoms with Crippen LogP contribution in [0.5, 0.6) is 0 Å². The molecule has 162 valence electrons. The van der Waals surface area contributed by atoms with Crippen molar-refractivity contribution in [1.82, 2.24) is 4.90 Å². The van der Waals surface area contributed by atoms with E-state index >= 15 is 0 Å². The van der Waals surface area contributed by atoms with E-state index in [1.807, 2.05) is 6.92 Å². The molecule has 2 aromatic rings. The van der Waals surface area contributed by atoms with Gasteiger partial charge in [0.15, 0.2) is 0 Å². The standard InChI is InChI=1S/C21H19FN2O4S3/c1-4-28-20(27)17-11(2)12(3)30-18(17)23-16(25)10-24-19(26)15(31-21(24)29)9-13-5-7-14(22)8-6-13/h5-9H,4,10H2,1-3H3,(H,23,25)/b15-9-. The molecule has 6 nitrogen and oxygen atoms in total.